The molecular weight excluding hydrogens is 869 g/mol. The summed E-state index contributed by atoms with van der Waals surface area (Å²) >= 11 is 0. The van der Waals surface area contributed by atoms with Crippen LogP contribution in [0.3, 0.4) is 0 Å². The molecule has 0 amide bonds. The molecule has 0 N–H and O–H groups in total. The molecule has 2 aliphatic carbocycles. The van der Waals surface area contributed by atoms with Gasteiger partial charge in [0.25, 0.3) is 0 Å². The highest BCUT2D eigenvalue weighted by Gasteiger charge is 2.34. The number of aromatic nitrogens is 1. The number of anilines is 1. The summed E-state index contributed by atoms with van der Waals surface area (Å²) in [4.78, 5) is 2.70. The number of hydrogen-bond acceptors (Lipinski definition) is 1. The Balaban J connectivity index is 1.08. The molecule has 2 nitrogen and oxygen atoms in total. The molecule has 2 heterocycles. The number of allylic oxidation sites excluding steroid dienone is 8. The molecule has 0 saturated carbocycles. The Morgan fingerprint density at radius 3 is 1.69 bits per heavy atom. The lowest BCUT2D eigenvalue weighted by Crippen LogP contribution is -2.25. The average Bonchev–Trinajstić information content (AvgIpc) is 4.12. The molecule has 0 spiro atoms. The van der Waals surface area contributed by atoms with E-state index in [1.54, 1.807) is 0 Å². The molecule has 1 atom stereocenters. The summed E-state index contributed by atoms with van der Waals surface area (Å²) in [6.45, 7) is 0. The number of benzene rings is 9. The van der Waals surface area contributed by atoms with E-state index in [1.165, 1.54) is 111 Å². The first-order valence-corrected chi connectivity index (χ1v) is 25.6. The number of rotatable bonds is 10. The summed E-state index contributed by atoms with van der Waals surface area (Å²) in [5.74, 6) is 0. The minimum atomic E-state index is 0.118. The van der Waals surface area contributed by atoms with Crippen molar-refractivity contribution >= 4 is 32.8 Å². The molecule has 344 valence electrons. The summed E-state index contributed by atoms with van der Waals surface area (Å²) in [7, 11) is 0. The van der Waals surface area contributed by atoms with Crippen LogP contribution in [0.4, 0.5) is 5.69 Å². The van der Waals surface area contributed by atoms with Gasteiger partial charge in [0.05, 0.1) is 23.1 Å². The SMILES string of the molecule is C1=CCCC(C2=CCC(c3ccccc3)N2c2cc(-c3ccc(-c4ccccc4)cc3)c3cc4cc(-n5c(C6=CCCC=C6)ccc5-c5ccccc5)ccc4cc3c2-c2ccc(-c3ccccc3)cc2)=C1. The molecule has 10 aromatic rings. The van der Waals surface area contributed by atoms with Crippen LogP contribution in [0.2, 0.25) is 0 Å². The normalized spacial score (nSPS) is 15.5. The molecule has 9 aromatic carbocycles. The molecule has 13 rings (SSSR count). The molecule has 0 saturated heterocycles. The van der Waals surface area contributed by atoms with Gasteiger partial charge < -0.3 is 9.47 Å². The highest BCUT2D eigenvalue weighted by molar-refractivity contribution is 6.15. The van der Waals surface area contributed by atoms with Crippen molar-refractivity contribution in [2.75, 3.05) is 4.90 Å². The lowest BCUT2D eigenvalue weighted by atomic mass is 9.86. The van der Waals surface area contributed by atoms with E-state index < -0.39 is 0 Å². The molecule has 0 fully saturated rings. The number of nitrogens with zero attached hydrogens (tertiary/aromatic N) is 2. The Hall–Kier alpha value is -8.72. The predicted molar refractivity (Wildman–Crippen MR) is 305 cm³/mol. The first-order valence-electron chi connectivity index (χ1n) is 25.6. The summed E-state index contributed by atoms with van der Waals surface area (Å²) in [6, 6.07) is 81.4. The topological polar surface area (TPSA) is 8.17 Å². The zero-order valence-corrected chi connectivity index (χ0v) is 40.3. The first kappa shape index (κ1) is 43.3. The Labute approximate surface area is 423 Å². The van der Waals surface area contributed by atoms with E-state index in [-0.39, 0.29) is 6.04 Å². The van der Waals surface area contributed by atoms with Gasteiger partial charge in [-0.15, -0.1) is 0 Å². The van der Waals surface area contributed by atoms with Crippen molar-refractivity contribution in [2.24, 2.45) is 0 Å². The molecule has 2 heteroatoms. The van der Waals surface area contributed by atoms with Gasteiger partial charge in [0.2, 0.25) is 0 Å². The number of hydrogen-bond donors (Lipinski definition) is 0. The van der Waals surface area contributed by atoms with E-state index in [0.717, 1.165) is 37.8 Å². The van der Waals surface area contributed by atoms with Crippen LogP contribution in [0.25, 0.3) is 88.6 Å². The Bertz CT molecular complexity index is 3780. The summed E-state index contributed by atoms with van der Waals surface area (Å²) in [5.41, 5.74) is 21.0. The monoisotopic (exact) mass is 922 g/mol. The minimum absolute atomic E-state index is 0.118. The third-order valence-electron chi connectivity index (χ3n) is 15.0. The second-order valence-corrected chi connectivity index (χ2v) is 19.4. The predicted octanol–water partition coefficient (Wildman–Crippen LogP) is 19.0. The van der Waals surface area contributed by atoms with Crippen molar-refractivity contribution < 1.29 is 0 Å². The van der Waals surface area contributed by atoms with Crippen LogP contribution in [-0.2, 0) is 0 Å². The fraction of sp³-hybridized carbons (Fsp3) is 0.0857. The maximum Gasteiger partial charge on any atom is 0.0627 e. The van der Waals surface area contributed by atoms with Crippen LogP contribution in [0.15, 0.2) is 272 Å². The first-order chi connectivity index (χ1) is 35.7. The van der Waals surface area contributed by atoms with E-state index in [1.807, 2.05) is 0 Å². The van der Waals surface area contributed by atoms with Crippen molar-refractivity contribution in [3.63, 3.8) is 0 Å². The third kappa shape index (κ3) is 8.05. The Morgan fingerprint density at radius 2 is 1.04 bits per heavy atom. The molecule has 1 aromatic heterocycles. The second-order valence-electron chi connectivity index (χ2n) is 19.4. The van der Waals surface area contributed by atoms with Gasteiger partial charge in [-0.3, -0.25) is 0 Å². The van der Waals surface area contributed by atoms with Gasteiger partial charge in [0, 0.05) is 16.9 Å². The Kier molecular flexibility index (Phi) is 11.4. The zero-order chi connectivity index (χ0) is 47.8. The molecule has 1 unspecified atom stereocenters. The zero-order valence-electron chi connectivity index (χ0n) is 40.3. The third-order valence-corrected chi connectivity index (χ3v) is 15.0. The number of fused-ring (bicyclic) bond motifs is 2. The van der Waals surface area contributed by atoms with E-state index in [0.29, 0.717) is 0 Å². The quantitative estimate of drug-likeness (QED) is 0.124. The van der Waals surface area contributed by atoms with E-state index in [4.69, 9.17) is 0 Å². The molecular formula is C70H54N2. The van der Waals surface area contributed by atoms with Crippen LogP contribution in [0.5, 0.6) is 0 Å². The van der Waals surface area contributed by atoms with Crippen LogP contribution in [0, 0.1) is 0 Å². The van der Waals surface area contributed by atoms with E-state index >= 15 is 0 Å². The Morgan fingerprint density at radius 1 is 0.431 bits per heavy atom. The second kappa shape index (κ2) is 18.9. The van der Waals surface area contributed by atoms with E-state index in [9.17, 15) is 0 Å². The molecule has 0 radical (unpaired) electrons. The van der Waals surface area contributed by atoms with Crippen LogP contribution in [0.1, 0.15) is 49.4 Å². The van der Waals surface area contributed by atoms with Gasteiger partial charge in [0.15, 0.2) is 0 Å². The van der Waals surface area contributed by atoms with Gasteiger partial charge in [0.1, 0.15) is 0 Å². The lowest BCUT2D eigenvalue weighted by molar-refractivity contribution is 0.729. The van der Waals surface area contributed by atoms with E-state index in [2.05, 4.69) is 270 Å². The maximum atomic E-state index is 2.70. The fourth-order valence-corrected chi connectivity index (χ4v) is 11.5. The molecule has 72 heavy (non-hydrogen) atoms. The summed E-state index contributed by atoms with van der Waals surface area (Å²) in [5, 5.41) is 4.88. The van der Waals surface area contributed by atoms with Gasteiger partial charge >= 0.3 is 0 Å². The highest BCUT2D eigenvalue weighted by atomic mass is 15.2. The van der Waals surface area contributed by atoms with Crippen molar-refractivity contribution in [1.82, 2.24) is 4.57 Å². The van der Waals surface area contributed by atoms with Crippen LogP contribution < -0.4 is 4.90 Å². The van der Waals surface area contributed by atoms with Gasteiger partial charge in [-0.1, -0.05) is 218 Å². The standard InChI is InChI=1S/C70H54N2/c1-7-19-49(20-8-1)51-31-35-53(36-32-51)62-48-69(72-67(56-27-15-5-16-28-56)43-44-68(72)57-29-17-6-18-30-57)70(58-37-33-52(34-38-58)50-21-9-2-10-22-50)64-46-59-39-40-61(45-60(59)47-63(62)64)71-65(54-23-11-3-12-24-54)41-42-66(71)55-25-13-4-14-26-55/h1-3,5-13,15-17,19-29,31-42,44-48,67H,4,14,18,30,43H2. The van der Waals surface area contributed by atoms with Gasteiger partial charge in [-0.05, 0) is 157 Å². The van der Waals surface area contributed by atoms with Gasteiger partial charge in [-0.25, -0.2) is 0 Å². The maximum absolute atomic E-state index is 2.70. The van der Waals surface area contributed by atoms with Crippen molar-refractivity contribution in [3.8, 4) is 61.5 Å². The fourth-order valence-electron chi connectivity index (χ4n) is 11.5. The summed E-state index contributed by atoms with van der Waals surface area (Å²) in [6.07, 6.45) is 21.5. The molecule has 1 aliphatic heterocycles. The molecule has 0 bridgehead atoms. The lowest BCUT2D eigenvalue weighted by Gasteiger charge is -2.35. The van der Waals surface area contributed by atoms with Crippen LogP contribution in [-0.4, -0.2) is 4.57 Å². The molecule has 3 aliphatic rings. The van der Waals surface area contributed by atoms with Crippen molar-refractivity contribution in [1.29, 1.82) is 0 Å². The smallest absolute Gasteiger partial charge is 0.0627 e. The largest absolute Gasteiger partial charge is 0.333 e. The highest BCUT2D eigenvalue weighted by Crippen LogP contribution is 2.51. The minimum Gasteiger partial charge on any atom is -0.333 e. The summed E-state index contributed by atoms with van der Waals surface area (Å²) < 4.78 is 2.46. The van der Waals surface area contributed by atoms with Crippen molar-refractivity contribution in [3.05, 3.63) is 283 Å². The average molecular weight is 923 g/mol. The van der Waals surface area contributed by atoms with Crippen LogP contribution >= 0.6 is 0 Å². The van der Waals surface area contributed by atoms with Crippen molar-refractivity contribution in [2.45, 2.75) is 38.1 Å². The van der Waals surface area contributed by atoms with Gasteiger partial charge in [-0.2, -0.15) is 0 Å².